The first-order chi connectivity index (χ1) is 18.6. The summed E-state index contributed by atoms with van der Waals surface area (Å²) in [4.78, 5) is 8.52. The number of halogens is 2. The van der Waals surface area contributed by atoms with Crippen molar-refractivity contribution < 1.29 is 26.7 Å². The number of alkyl halides is 2. The number of nitrogens with one attached hydrogen (secondary N) is 1. The molecule has 4 aromatic rings. The average molecular weight is 563 g/mol. The number of methoxy groups -OCH3 is 1. The summed E-state index contributed by atoms with van der Waals surface area (Å²) >= 11 is 0. The molecule has 2 atom stereocenters. The zero-order valence-corrected chi connectivity index (χ0v) is 22.7. The monoisotopic (exact) mass is 562 g/mol. The topological polar surface area (TPSA) is 139 Å². The van der Waals surface area contributed by atoms with E-state index in [1.165, 1.54) is 24.7 Å². The number of benzene rings is 1. The fourth-order valence-corrected chi connectivity index (χ4v) is 5.02. The lowest BCUT2D eigenvalue weighted by atomic mass is 10.1. The molecule has 0 fully saturated rings. The highest BCUT2D eigenvalue weighted by Crippen LogP contribution is 2.38. The molecule has 39 heavy (non-hydrogen) atoms. The predicted molar refractivity (Wildman–Crippen MR) is 139 cm³/mol. The third-order valence-corrected chi connectivity index (χ3v) is 7.90. The molecule has 4 rings (SSSR count). The van der Waals surface area contributed by atoms with Crippen LogP contribution in [0.25, 0.3) is 17.2 Å². The lowest BCUT2D eigenvalue weighted by molar-refractivity contribution is 0.0568. The third kappa shape index (κ3) is 5.67. The van der Waals surface area contributed by atoms with Crippen molar-refractivity contribution in [2.75, 3.05) is 18.4 Å². The number of hydrogen-bond donors (Lipinski definition) is 1. The minimum Gasteiger partial charge on any atom is -0.494 e. The van der Waals surface area contributed by atoms with Crippen molar-refractivity contribution in [1.29, 1.82) is 0 Å². The first kappa shape index (κ1) is 27.9. The van der Waals surface area contributed by atoms with Gasteiger partial charge in [0.2, 0.25) is 16.0 Å². The van der Waals surface area contributed by atoms with Crippen LogP contribution in [-0.2, 0) is 10.0 Å². The lowest BCUT2D eigenvalue weighted by Gasteiger charge is -2.21. The van der Waals surface area contributed by atoms with E-state index in [9.17, 15) is 17.2 Å². The molecule has 3 aromatic heterocycles. The zero-order chi connectivity index (χ0) is 28.3. The molecule has 0 bridgehead atoms. The molecule has 1 N–H and O–H groups in total. The van der Waals surface area contributed by atoms with E-state index >= 15 is 0 Å². The molecule has 0 spiro atoms. The quantitative estimate of drug-likeness (QED) is 0.288. The van der Waals surface area contributed by atoms with Gasteiger partial charge in [-0.05, 0) is 44.5 Å². The molecule has 0 aliphatic heterocycles. The van der Waals surface area contributed by atoms with E-state index in [1.54, 1.807) is 44.4 Å². The van der Waals surface area contributed by atoms with Crippen molar-refractivity contribution in [3.05, 3.63) is 54.2 Å². The van der Waals surface area contributed by atoms with Crippen LogP contribution in [0.2, 0.25) is 0 Å². The van der Waals surface area contributed by atoms with E-state index < -0.39 is 27.7 Å². The van der Waals surface area contributed by atoms with Crippen LogP contribution in [0.1, 0.15) is 44.6 Å². The Balaban J connectivity index is 1.84. The number of nitrogens with zero attached hydrogens (tertiary/aromatic N) is 7. The Morgan fingerprint density at radius 1 is 1.08 bits per heavy atom. The van der Waals surface area contributed by atoms with Gasteiger partial charge in [-0.25, -0.2) is 23.1 Å². The number of anilines is 1. The Bertz CT molecular complexity index is 1540. The number of aryl methyl sites for hydroxylation is 1. The van der Waals surface area contributed by atoms with Crippen molar-refractivity contribution in [3.8, 4) is 28.7 Å². The van der Waals surface area contributed by atoms with Crippen molar-refractivity contribution in [1.82, 2.24) is 34.5 Å². The molecule has 0 saturated carbocycles. The highest BCUT2D eigenvalue weighted by atomic mass is 32.2. The Morgan fingerprint density at radius 2 is 1.77 bits per heavy atom. The van der Waals surface area contributed by atoms with Crippen molar-refractivity contribution >= 4 is 16.0 Å². The minimum absolute atomic E-state index is 0.0138. The first-order valence-corrected chi connectivity index (χ1v) is 13.5. The predicted octanol–water partition coefficient (Wildman–Crippen LogP) is 3.97. The van der Waals surface area contributed by atoms with Gasteiger partial charge in [-0.15, -0.1) is 10.2 Å². The van der Waals surface area contributed by atoms with Gasteiger partial charge in [0.25, 0.3) is 0 Å². The second-order valence-corrected chi connectivity index (χ2v) is 10.7. The standard InChI is InChI=1S/C24H28F2N8O4S/c1-6-38-19-9-7-8-18(37-5)20(19)34-22(17-10-11-33(31-17)23(25)26)29-30-24(34)32-39(35,36)16(4)15(3)21-27-12-14(2)13-28-21/h7-13,15-16,23H,6H2,1-5H3,(H,30,32)/t15-,16-/m0/s1. The van der Waals surface area contributed by atoms with Crippen molar-refractivity contribution in [2.24, 2.45) is 0 Å². The van der Waals surface area contributed by atoms with Crippen LogP contribution < -0.4 is 14.2 Å². The van der Waals surface area contributed by atoms with Crippen molar-refractivity contribution in [2.45, 2.75) is 45.4 Å². The Labute approximate surface area is 224 Å². The maximum Gasteiger partial charge on any atom is 0.333 e. The Morgan fingerprint density at radius 3 is 2.38 bits per heavy atom. The molecular weight excluding hydrogens is 534 g/mol. The highest BCUT2D eigenvalue weighted by molar-refractivity contribution is 7.93. The summed E-state index contributed by atoms with van der Waals surface area (Å²) < 4.78 is 69.2. The van der Waals surface area contributed by atoms with E-state index in [0.29, 0.717) is 22.0 Å². The van der Waals surface area contributed by atoms with Gasteiger partial charge in [-0.3, -0.25) is 9.29 Å². The van der Waals surface area contributed by atoms with Crippen molar-refractivity contribution in [3.63, 3.8) is 0 Å². The van der Waals surface area contributed by atoms with Crippen LogP contribution in [0, 0.1) is 6.92 Å². The highest BCUT2D eigenvalue weighted by Gasteiger charge is 2.33. The van der Waals surface area contributed by atoms with Crippen LogP contribution in [0.15, 0.2) is 42.9 Å². The molecule has 0 saturated heterocycles. The number of sulfonamides is 1. The summed E-state index contributed by atoms with van der Waals surface area (Å²) in [6.45, 7) is 4.24. The molecule has 208 valence electrons. The molecular formula is C24H28F2N8O4S. The normalized spacial score (nSPS) is 13.3. The molecule has 15 heteroatoms. The van der Waals surface area contributed by atoms with E-state index in [1.807, 2.05) is 6.92 Å². The fourth-order valence-electron chi connectivity index (χ4n) is 3.79. The first-order valence-electron chi connectivity index (χ1n) is 12.0. The number of ether oxygens (including phenoxy) is 2. The number of hydrogen-bond acceptors (Lipinski definition) is 9. The smallest absolute Gasteiger partial charge is 0.333 e. The van der Waals surface area contributed by atoms with Gasteiger partial charge in [0, 0.05) is 24.5 Å². The summed E-state index contributed by atoms with van der Waals surface area (Å²) in [6.07, 6.45) is 4.31. The molecule has 12 nitrogen and oxygen atoms in total. The van der Waals surface area contributed by atoms with Crippen LogP contribution in [0.3, 0.4) is 0 Å². The maximum absolute atomic E-state index is 13.5. The van der Waals surface area contributed by atoms with Crippen LogP contribution in [0.5, 0.6) is 11.5 Å². The molecule has 0 aliphatic rings. The number of rotatable bonds is 11. The molecule has 0 aliphatic carbocycles. The molecule has 3 heterocycles. The summed E-state index contributed by atoms with van der Waals surface area (Å²) in [7, 11) is -2.67. The van der Waals surface area contributed by atoms with Crippen LogP contribution in [0.4, 0.5) is 14.7 Å². The van der Waals surface area contributed by atoms with E-state index in [4.69, 9.17) is 9.47 Å². The molecule has 1 aromatic carbocycles. The minimum atomic E-state index is -4.10. The molecule has 0 unspecified atom stereocenters. The largest absolute Gasteiger partial charge is 0.494 e. The molecule has 0 amide bonds. The van der Waals surface area contributed by atoms with Gasteiger partial charge in [0.15, 0.2) is 5.82 Å². The summed E-state index contributed by atoms with van der Waals surface area (Å²) in [6, 6.07) is 6.30. The second kappa shape index (κ2) is 11.3. The van der Waals surface area contributed by atoms with Gasteiger partial charge in [-0.1, -0.05) is 13.0 Å². The van der Waals surface area contributed by atoms with E-state index in [-0.39, 0.29) is 29.8 Å². The lowest BCUT2D eigenvalue weighted by Crippen LogP contribution is -2.31. The summed E-state index contributed by atoms with van der Waals surface area (Å²) in [5.41, 5.74) is 1.13. The van der Waals surface area contributed by atoms with E-state index in [2.05, 4.69) is 30.0 Å². The second-order valence-electron chi connectivity index (χ2n) is 8.64. The van der Waals surface area contributed by atoms with Gasteiger partial charge in [0.1, 0.15) is 28.7 Å². The van der Waals surface area contributed by atoms with Gasteiger partial charge >= 0.3 is 6.55 Å². The summed E-state index contributed by atoms with van der Waals surface area (Å²) in [5, 5.41) is 11.0. The Kier molecular flexibility index (Phi) is 8.09. The average Bonchev–Trinajstić information content (AvgIpc) is 3.55. The van der Waals surface area contributed by atoms with E-state index in [0.717, 1.165) is 11.8 Å². The SMILES string of the molecule is CCOc1cccc(OC)c1-n1c(NS(=O)(=O)[C@@H](C)[C@H](C)c2ncc(C)cn2)nnc1-c1ccn(C(F)F)n1. The van der Waals surface area contributed by atoms with Gasteiger partial charge in [-0.2, -0.15) is 13.9 Å². The molecule has 0 radical (unpaired) electrons. The zero-order valence-electron chi connectivity index (χ0n) is 21.9. The van der Waals surface area contributed by atoms with Gasteiger partial charge in [0.05, 0.1) is 19.0 Å². The third-order valence-electron chi connectivity index (χ3n) is 6.04. The van der Waals surface area contributed by atoms with Crippen LogP contribution >= 0.6 is 0 Å². The number of para-hydroxylation sites is 1. The maximum atomic E-state index is 13.5. The fraction of sp³-hybridized carbons (Fsp3) is 0.375. The number of aromatic nitrogens is 7. The van der Waals surface area contributed by atoms with Gasteiger partial charge < -0.3 is 9.47 Å². The van der Waals surface area contributed by atoms with Crippen LogP contribution in [-0.4, -0.2) is 61.9 Å². The Hall–Kier alpha value is -4.14. The summed E-state index contributed by atoms with van der Waals surface area (Å²) in [5.74, 6) is 0.171.